The van der Waals surface area contributed by atoms with E-state index < -0.39 is 10.0 Å². The lowest BCUT2D eigenvalue weighted by atomic mass is 10.1. The number of fused-ring (bicyclic) bond motifs is 1. The molecule has 1 N–H and O–H groups in total. The number of aromatic nitrogens is 4. The fourth-order valence-electron chi connectivity index (χ4n) is 3.47. The van der Waals surface area contributed by atoms with Crippen LogP contribution >= 0.6 is 0 Å². The molecule has 0 radical (unpaired) electrons. The molecule has 0 spiro atoms. The van der Waals surface area contributed by atoms with Crippen LogP contribution in [0.25, 0.3) is 16.6 Å². The van der Waals surface area contributed by atoms with Gasteiger partial charge in [-0.3, -0.25) is 9.29 Å². The van der Waals surface area contributed by atoms with Gasteiger partial charge in [-0.15, -0.1) is 10.2 Å². The second-order valence-corrected chi connectivity index (χ2v) is 8.93. The Bertz CT molecular complexity index is 1520. The van der Waals surface area contributed by atoms with Gasteiger partial charge in [0.05, 0.1) is 4.90 Å². The van der Waals surface area contributed by atoms with Crippen LogP contribution in [-0.2, 0) is 10.0 Å². The maximum absolute atomic E-state index is 13.0. The first-order valence-electron chi connectivity index (χ1n) is 10.1. The highest BCUT2D eigenvalue weighted by Crippen LogP contribution is 2.26. The maximum Gasteiger partial charge on any atom is 0.262 e. The zero-order chi connectivity index (χ0) is 22.8. The first-order chi connectivity index (χ1) is 16.0. The summed E-state index contributed by atoms with van der Waals surface area (Å²) in [5.74, 6) is 2.26. The summed E-state index contributed by atoms with van der Waals surface area (Å²) in [5, 5.41) is 9.78. The van der Waals surface area contributed by atoms with E-state index in [9.17, 15) is 8.42 Å². The van der Waals surface area contributed by atoms with Crippen molar-refractivity contribution >= 4 is 26.5 Å². The first kappa shape index (κ1) is 20.7. The normalized spacial score (nSPS) is 11.4. The fourth-order valence-corrected chi connectivity index (χ4v) is 4.76. The van der Waals surface area contributed by atoms with Gasteiger partial charge >= 0.3 is 0 Å². The SMILES string of the molecule is Cc1nccn1-c1ccc(Oc2ccc(NS(=O)(=O)c3cccc4ccccc34)cc2)nn1. The van der Waals surface area contributed by atoms with E-state index in [0.29, 0.717) is 28.5 Å². The molecule has 0 unspecified atom stereocenters. The molecule has 0 amide bonds. The Kier molecular flexibility index (Phi) is 5.23. The number of nitrogens with one attached hydrogen (secondary N) is 1. The van der Waals surface area contributed by atoms with Crippen LogP contribution in [0.15, 0.2) is 96.2 Å². The lowest BCUT2D eigenvalue weighted by Gasteiger charge is -2.11. The molecule has 3 aromatic carbocycles. The average molecular weight is 458 g/mol. The summed E-state index contributed by atoms with van der Waals surface area (Å²) in [7, 11) is -3.76. The number of sulfonamides is 1. The molecule has 5 aromatic rings. The molecule has 9 heteroatoms. The molecule has 0 aliphatic rings. The summed E-state index contributed by atoms with van der Waals surface area (Å²) < 4.78 is 36.1. The van der Waals surface area contributed by atoms with Crippen LogP contribution in [0.1, 0.15) is 5.82 Å². The molecule has 0 saturated carbocycles. The Morgan fingerprint density at radius 2 is 1.67 bits per heavy atom. The molecule has 0 saturated heterocycles. The van der Waals surface area contributed by atoms with E-state index in [2.05, 4.69) is 19.9 Å². The number of benzene rings is 3. The second-order valence-electron chi connectivity index (χ2n) is 7.28. The number of imidazole rings is 1. The number of nitrogens with zero attached hydrogens (tertiary/aromatic N) is 4. The van der Waals surface area contributed by atoms with Gasteiger partial charge in [-0.25, -0.2) is 13.4 Å². The van der Waals surface area contributed by atoms with Gasteiger partial charge in [-0.05, 0) is 48.7 Å². The van der Waals surface area contributed by atoms with E-state index in [-0.39, 0.29) is 4.90 Å². The van der Waals surface area contributed by atoms with Crippen molar-refractivity contribution in [3.05, 3.63) is 97.1 Å². The quantitative estimate of drug-likeness (QED) is 0.396. The van der Waals surface area contributed by atoms with E-state index in [1.165, 1.54) is 0 Å². The van der Waals surface area contributed by atoms with Crippen molar-refractivity contribution in [2.24, 2.45) is 0 Å². The van der Waals surface area contributed by atoms with Gasteiger partial charge in [-0.1, -0.05) is 36.4 Å². The smallest absolute Gasteiger partial charge is 0.262 e. The van der Waals surface area contributed by atoms with Crippen molar-refractivity contribution in [1.82, 2.24) is 19.7 Å². The van der Waals surface area contributed by atoms with Crippen LogP contribution in [0.5, 0.6) is 11.6 Å². The topological polar surface area (TPSA) is 99.0 Å². The number of rotatable bonds is 6. The van der Waals surface area contributed by atoms with E-state index in [4.69, 9.17) is 4.74 Å². The zero-order valence-corrected chi connectivity index (χ0v) is 18.4. The number of anilines is 1. The second kappa shape index (κ2) is 8.36. The Labute approximate surface area is 190 Å². The molecule has 0 bridgehead atoms. The van der Waals surface area contributed by atoms with E-state index in [1.807, 2.05) is 35.8 Å². The Morgan fingerprint density at radius 1 is 0.879 bits per heavy atom. The molecule has 8 nitrogen and oxygen atoms in total. The molecule has 5 rings (SSSR count). The molecular formula is C24H19N5O3S. The highest BCUT2D eigenvalue weighted by Gasteiger charge is 2.17. The van der Waals surface area contributed by atoms with Gasteiger partial charge in [0.1, 0.15) is 11.6 Å². The Balaban J connectivity index is 1.31. The number of aryl methyl sites for hydroxylation is 1. The van der Waals surface area contributed by atoms with Gasteiger partial charge in [0.15, 0.2) is 5.82 Å². The predicted octanol–water partition coefficient (Wildman–Crippen LogP) is 4.72. The number of hydrogen-bond acceptors (Lipinski definition) is 6. The maximum atomic E-state index is 13.0. The predicted molar refractivity (Wildman–Crippen MR) is 125 cm³/mol. The fraction of sp³-hybridized carbons (Fsp3) is 0.0417. The molecule has 0 aliphatic heterocycles. The summed E-state index contributed by atoms with van der Waals surface area (Å²) in [6, 6.07) is 22.7. The van der Waals surface area contributed by atoms with Crippen LogP contribution in [0.2, 0.25) is 0 Å². The largest absolute Gasteiger partial charge is 0.438 e. The molecule has 0 atom stereocenters. The summed E-state index contributed by atoms with van der Waals surface area (Å²) in [4.78, 5) is 4.39. The van der Waals surface area contributed by atoms with Crippen molar-refractivity contribution in [1.29, 1.82) is 0 Å². The molecule has 33 heavy (non-hydrogen) atoms. The molecular weight excluding hydrogens is 438 g/mol. The van der Waals surface area contributed by atoms with Crippen LogP contribution in [0.4, 0.5) is 5.69 Å². The first-order valence-corrected chi connectivity index (χ1v) is 11.6. The summed E-state index contributed by atoms with van der Waals surface area (Å²) in [6.45, 7) is 1.88. The van der Waals surface area contributed by atoms with Gasteiger partial charge < -0.3 is 4.74 Å². The molecule has 0 fully saturated rings. The Morgan fingerprint density at radius 3 is 2.39 bits per heavy atom. The van der Waals surface area contributed by atoms with Crippen LogP contribution in [-0.4, -0.2) is 28.2 Å². The third-order valence-electron chi connectivity index (χ3n) is 5.07. The lowest BCUT2D eigenvalue weighted by Crippen LogP contribution is -2.13. The molecule has 0 aliphatic carbocycles. The van der Waals surface area contributed by atoms with Gasteiger partial charge in [0.2, 0.25) is 5.88 Å². The minimum absolute atomic E-state index is 0.226. The van der Waals surface area contributed by atoms with Gasteiger partial charge in [0, 0.05) is 29.5 Å². The monoisotopic (exact) mass is 457 g/mol. The summed E-state index contributed by atoms with van der Waals surface area (Å²) in [5.41, 5.74) is 0.423. The zero-order valence-electron chi connectivity index (χ0n) is 17.6. The molecule has 2 heterocycles. The third kappa shape index (κ3) is 4.26. The van der Waals surface area contributed by atoms with Crippen molar-refractivity contribution in [2.75, 3.05) is 4.72 Å². The van der Waals surface area contributed by atoms with E-state index in [0.717, 1.165) is 11.2 Å². The van der Waals surface area contributed by atoms with Crippen molar-refractivity contribution in [2.45, 2.75) is 11.8 Å². The Hall–Kier alpha value is -4.24. The summed E-state index contributed by atoms with van der Waals surface area (Å²) >= 11 is 0. The van der Waals surface area contributed by atoms with Crippen LogP contribution in [0, 0.1) is 6.92 Å². The van der Waals surface area contributed by atoms with E-state index in [1.54, 1.807) is 67.0 Å². The average Bonchev–Trinajstić information content (AvgIpc) is 3.26. The number of hydrogen-bond donors (Lipinski definition) is 1. The van der Waals surface area contributed by atoms with Crippen molar-refractivity contribution in [3.8, 4) is 17.4 Å². The van der Waals surface area contributed by atoms with Crippen LogP contribution in [0.3, 0.4) is 0 Å². The highest BCUT2D eigenvalue weighted by molar-refractivity contribution is 7.93. The molecule has 164 valence electrons. The van der Waals surface area contributed by atoms with Gasteiger partial charge in [-0.2, -0.15) is 0 Å². The lowest BCUT2D eigenvalue weighted by molar-refractivity contribution is 0.454. The minimum Gasteiger partial charge on any atom is -0.438 e. The standard InChI is InChI=1S/C24H19N5O3S/c1-17-25-15-16-29(17)23-13-14-24(27-26-23)32-20-11-9-19(10-12-20)28-33(30,31)22-8-4-6-18-5-2-3-7-21(18)22/h2-16,28H,1H3. The van der Waals surface area contributed by atoms with E-state index >= 15 is 0 Å². The van der Waals surface area contributed by atoms with Gasteiger partial charge in [0.25, 0.3) is 10.0 Å². The minimum atomic E-state index is -3.76. The third-order valence-corrected chi connectivity index (χ3v) is 6.51. The van der Waals surface area contributed by atoms with Crippen molar-refractivity contribution in [3.63, 3.8) is 0 Å². The molecule has 2 aromatic heterocycles. The van der Waals surface area contributed by atoms with Crippen molar-refractivity contribution < 1.29 is 13.2 Å². The van der Waals surface area contributed by atoms with Crippen LogP contribution < -0.4 is 9.46 Å². The highest BCUT2D eigenvalue weighted by atomic mass is 32.2. The summed E-state index contributed by atoms with van der Waals surface area (Å²) in [6.07, 6.45) is 3.50. The number of ether oxygens (including phenoxy) is 1.